The molecule has 0 fully saturated rings. The van der Waals surface area contributed by atoms with E-state index in [-0.39, 0.29) is 0 Å². The third-order valence-corrected chi connectivity index (χ3v) is 3.07. The molecule has 1 aromatic rings. The molecule has 1 aromatic carbocycles. The van der Waals surface area contributed by atoms with Crippen LogP contribution in [0.3, 0.4) is 0 Å². The topological polar surface area (TPSA) is 18.5 Å². The van der Waals surface area contributed by atoms with E-state index < -0.39 is 0 Å². The molecule has 1 rings (SSSR count). The summed E-state index contributed by atoms with van der Waals surface area (Å²) >= 11 is 0. The maximum Gasteiger partial charge on any atom is 0.119 e. The number of rotatable bonds is 11. The van der Waals surface area contributed by atoms with Crippen LogP contribution in [0.15, 0.2) is 24.3 Å². The van der Waals surface area contributed by atoms with Crippen molar-refractivity contribution < 1.29 is 9.47 Å². The average Bonchev–Trinajstić information content (AvgIpc) is 2.43. The molecule has 0 saturated carbocycles. The second kappa shape index (κ2) is 10.7. The van der Waals surface area contributed by atoms with Crippen LogP contribution in [0.5, 0.6) is 5.75 Å². The molecule has 0 amide bonds. The summed E-state index contributed by atoms with van der Waals surface area (Å²) in [5.41, 5.74) is 1.35. The van der Waals surface area contributed by atoms with Gasteiger partial charge in [0.1, 0.15) is 5.75 Å². The Balaban J connectivity index is 2.07. The summed E-state index contributed by atoms with van der Waals surface area (Å²) in [5, 5.41) is 0. The molecule has 0 aliphatic rings. The fraction of sp³-hybridized carbons (Fsp3) is 0.611. The van der Waals surface area contributed by atoms with Crippen molar-refractivity contribution in [1.82, 2.24) is 0 Å². The molecule has 20 heavy (non-hydrogen) atoms. The van der Waals surface area contributed by atoms with E-state index in [2.05, 4.69) is 45.0 Å². The Morgan fingerprint density at radius 2 is 1.55 bits per heavy atom. The Morgan fingerprint density at radius 1 is 0.900 bits per heavy atom. The highest BCUT2D eigenvalue weighted by atomic mass is 16.5. The number of hydrogen-bond acceptors (Lipinski definition) is 2. The number of unbranched alkanes of at least 4 members (excludes halogenated alkanes) is 2. The van der Waals surface area contributed by atoms with Crippen LogP contribution in [-0.4, -0.2) is 19.8 Å². The maximum absolute atomic E-state index is 5.73. The molecule has 113 valence electrons. The zero-order chi connectivity index (χ0) is 14.6. The van der Waals surface area contributed by atoms with Crippen molar-refractivity contribution in [3.8, 4) is 5.75 Å². The first-order valence-electron chi connectivity index (χ1n) is 7.81. The van der Waals surface area contributed by atoms with Gasteiger partial charge in [0.15, 0.2) is 0 Å². The van der Waals surface area contributed by atoms with E-state index in [0.717, 1.165) is 51.3 Å². The predicted octanol–water partition coefficient (Wildman–Crippen LogP) is 4.82. The number of benzene rings is 1. The smallest absolute Gasteiger partial charge is 0.119 e. The Hall–Kier alpha value is -1.02. The van der Waals surface area contributed by atoms with Crippen molar-refractivity contribution in [2.45, 2.75) is 52.9 Å². The van der Waals surface area contributed by atoms with Gasteiger partial charge in [-0.25, -0.2) is 0 Å². The van der Waals surface area contributed by atoms with Crippen molar-refractivity contribution in [1.29, 1.82) is 0 Å². The number of hydrogen-bond donors (Lipinski definition) is 0. The van der Waals surface area contributed by atoms with Crippen LogP contribution in [0.2, 0.25) is 0 Å². The third kappa shape index (κ3) is 8.21. The highest BCUT2D eigenvalue weighted by Gasteiger charge is 1.99. The highest BCUT2D eigenvalue weighted by Crippen LogP contribution is 2.15. The fourth-order valence-corrected chi connectivity index (χ4v) is 1.96. The standard InChI is InChI=1S/C18H29O2/c1-4-5-12-19-13-6-7-14-20-18-10-8-17(9-11-18)15-16(2)3/h8-11H,4-7,12-15H2,1-3H3. The first-order chi connectivity index (χ1) is 9.72. The summed E-state index contributed by atoms with van der Waals surface area (Å²) in [6, 6.07) is 8.43. The third-order valence-electron chi connectivity index (χ3n) is 3.07. The second-order valence-electron chi connectivity index (χ2n) is 5.55. The lowest BCUT2D eigenvalue weighted by atomic mass is 10.0. The van der Waals surface area contributed by atoms with Gasteiger partial charge in [-0.3, -0.25) is 0 Å². The van der Waals surface area contributed by atoms with Gasteiger partial charge >= 0.3 is 0 Å². The molecule has 0 aromatic heterocycles. The molecule has 0 aliphatic heterocycles. The van der Waals surface area contributed by atoms with Gasteiger partial charge in [0.2, 0.25) is 0 Å². The van der Waals surface area contributed by atoms with E-state index in [1.54, 1.807) is 0 Å². The van der Waals surface area contributed by atoms with E-state index in [9.17, 15) is 0 Å². The lowest BCUT2D eigenvalue weighted by molar-refractivity contribution is 0.123. The molecule has 0 atom stereocenters. The Kier molecular flexibility index (Phi) is 9.14. The summed E-state index contributed by atoms with van der Waals surface area (Å²) < 4.78 is 11.3. The first kappa shape index (κ1) is 17.0. The van der Waals surface area contributed by atoms with Crippen molar-refractivity contribution in [3.05, 3.63) is 35.7 Å². The minimum Gasteiger partial charge on any atom is -0.494 e. The Labute approximate surface area is 124 Å². The van der Waals surface area contributed by atoms with E-state index >= 15 is 0 Å². The molecule has 0 bridgehead atoms. The molecule has 2 nitrogen and oxygen atoms in total. The predicted molar refractivity (Wildman–Crippen MR) is 85.2 cm³/mol. The van der Waals surface area contributed by atoms with Crippen LogP contribution in [0.1, 0.15) is 52.0 Å². The minimum atomic E-state index is 0.773. The van der Waals surface area contributed by atoms with Gasteiger partial charge in [-0.05, 0) is 49.3 Å². The van der Waals surface area contributed by atoms with Gasteiger partial charge in [0, 0.05) is 13.2 Å². The van der Waals surface area contributed by atoms with Crippen LogP contribution in [0.25, 0.3) is 0 Å². The van der Waals surface area contributed by atoms with Crippen LogP contribution in [-0.2, 0) is 11.2 Å². The lowest BCUT2D eigenvalue weighted by Crippen LogP contribution is -2.02. The Morgan fingerprint density at radius 3 is 2.20 bits per heavy atom. The maximum atomic E-state index is 5.73. The van der Waals surface area contributed by atoms with Crippen molar-refractivity contribution in [2.75, 3.05) is 19.8 Å². The van der Waals surface area contributed by atoms with Gasteiger partial charge in [0.05, 0.1) is 6.61 Å². The number of ether oxygens (including phenoxy) is 2. The zero-order valence-corrected chi connectivity index (χ0v) is 13.3. The van der Waals surface area contributed by atoms with Gasteiger partial charge < -0.3 is 9.47 Å². The van der Waals surface area contributed by atoms with Crippen LogP contribution < -0.4 is 4.74 Å². The van der Waals surface area contributed by atoms with Gasteiger partial charge in [-0.15, -0.1) is 0 Å². The molecule has 0 N–H and O–H groups in total. The summed E-state index contributed by atoms with van der Waals surface area (Å²) in [7, 11) is 0. The molecular formula is C18H29O2. The van der Waals surface area contributed by atoms with E-state index in [0.29, 0.717) is 0 Å². The molecule has 2 heteroatoms. The molecule has 1 radical (unpaired) electrons. The van der Waals surface area contributed by atoms with Crippen LogP contribution in [0.4, 0.5) is 0 Å². The SMILES string of the molecule is CCCCOCCCCOc1ccc(C[C](C)C)cc1. The normalized spacial score (nSPS) is 11.0. The summed E-state index contributed by atoms with van der Waals surface area (Å²) in [6.45, 7) is 9.03. The van der Waals surface area contributed by atoms with E-state index in [1.165, 1.54) is 17.9 Å². The molecule has 0 spiro atoms. The highest BCUT2D eigenvalue weighted by molar-refractivity contribution is 5.28. The first-order valence-corrected chi connectivity index (χ1v) is 7.81. The monoisotopic (exact) mass is 277 g/mol. The zero-order valence-electron chi connectivity index (χ0n) is 13.3. The molecule has 0 heterocycles. The van der Waals surface area contributed by atoms with Crippen LogP contribution in [0, 0.1) is 5.92 Å². The molecule has 0 saturated heterocycles. The van der Waals surface area contributed by atoms with Crippen LogP contribution >= 0.6 is 0 Å². The summed E-state index contributed by atoms with van der Waals surface area (Å²) in [6.07, 6.45) is 5.54. The summed E-state index contributed by atoms with van der Waals surface area (Å²) in [4.78, 5) is 0. The van der Waals surface area contributed by atoms with E-state index in [1.807, 2.05) is 0 Å². The second-order valence-corrected chi connectivity index (χ2v) is 5.55. The average molecular weight is 277 g/mol. The van der Waals surface area contributed by atoms with Crippen molar-refractivity contribution in [3.63, 3.8) is 0 Å². The molecule has 0 aliphatic carbocycles. The minimum absolute atomic E-state index is 0.773. The van der Waals surface area contributed by atoms with Gasteiger partial charge in [-0.1, -0.05) is 39.3 Å². The fourth-order valence-electron chi connectivity index (χ4n) is 1.96. The van der Waals surface area contributed by atoms with Crippen molar-refractivity contribution >= 4 is 0 Å². The largest absolute Gasteiger partial charge is 0.494 e. The van der Waals surface area contributed by atoms with Crippen molar-refractivity contribution in [2.24, 2.45) is 0 Å². The Bertz CT molecular complexity index is 330. The van der Waals surface area contributed by atoms with Gasteiger partial charge in [-0.2, -0.15) is 0 Å². The van der Waals surface area contributed by atoms with Gasteiger partial charge in [0.25, 0.3) is 0 Å². The molecule has 0 unspecified atom stereocenters. The summed E-state index contributed by atoms with van der Waals surface area (Å²) in [5.74, 6) is 2.40. The van der Waals surface area contributed by atoms with E-state index in [4.69, 9.17) is 9.47 Å². The molecular weight excluding hydrogens is 248 g/mol. The quantitative estimate of drug-likeness (QED) is 0.540. The lowest BCUT2D eigenvalue weighted by Gasteiger charge is -2.08.